The van der Waals surface area contributed by atoms with E-state index in [0.29, 0.717) is 29.3 Å². The summed E-state index contributed by atoms with van der Waals surface area (Å²) in [7, 11) is 0. The number of nitrogens with one attached hydrogen (secondary N) is 1. The Balaban J connectivity index is 1.53. The summed E-state index contributed by atoms with van der Waals surface area (Å²) in [6.45, 7) is 8.09. The number of halogens is 1. The minimum Gasteiger partial charge on any atom is -0.354 e. The third kappa shape index (κ3) is 4.80. The summed E-state index contributed by atoms with van der Waals surface area (Å²) in [6, 6.07) is 5.55. The van der Waals surface area contributed by atoms with Crippen LogP contribution in [0.15, 0.2) is 29.9 Å². The minimum atomic E-state index is -0.409. The van der Waals surface area contributed by atoms with Gasteiger partial charge in [0.1, 0.15) is 0 Å². The van der Waals surface area contributed by atoms with E-state index in [2.05, 4.69) is 27.2 Å². The highest BCUT2D eigenvalue weighted by atomic mass is 32.1. The van der Waals surface area contributed by atoms with Crippen LogP contribution in [0.1, 0.15) is 58.6 Å². The lowest BCUT2D eigenvalue weighted by Crippen LogP contribution is -2.31. The maximum absolute atomic E-state index is 14.4. The fourth-order valence-electron chi connectivity index (χ4n) is 4.05. The highest BCUT2D eigenvalue weighted by Crippen LogP contribution is 2.26. The number of hydrogen-bond donors (Lipinski definition) is 1. The van der Waals surface area contributed by atoms with Gasteiger partial charge in [-0.2, -0.15) is 0 Å². The van der Waals surface area contributed by atoms with Crippen LogP contribution >= 0.6 is 11.3 Å². The molecule has 1 aromatic carbocycles. The molecule has 0 spiro atoms. The first kappa shape index (κ1) is 22.3. The number of thiazole rings is 1. The second-order valence-corrected chi connectivity index (χ2v) is 9.24. The third-order valence-electron chi connectivity index (χ3n) is 5.92. The van der Waals surface area contributed by atoms with Crippen LogP contribution in [-0.4, -0.2) is 40.5 Å². The Kier molecular flexibility index (Phi) is 6.79. The van der Waals surface area contributed by atoms with Crippen LogP contribution < -0.4 is 10.2 Å². The zero-order chi connectivity index (χ0) is 22.7. The summed E-state index contributed by atoms with van der Waals surface area (Å²) in [4.78, 5) is 29.1. The van der Waals surface area contributed by atoms with Gasteiger partial charge in [-0.3, -0.25) is 4.79 Å². The average Bonchev–Trinajstić information content (AvgIpc) is 3.24. The predicted octanol–water partition coefficient (Wildman–Crippen LogP) is 4.88. The Morgan fingerprint density at radius 3 is 2.72 bits per heavy atom. The summed E-state index contributed by atoms with van der Waals surface area (Å²) in [6.07, 6.45) is 4.46. The first-order valence-electron chi connectivity index (χ1n) is 11.0. The van der Waals surface area contributed by atoms with Crippen LogP contribution in [0.2, 0.25) is 0 Å². The molecular formula is C24H28FN5OS. The molecule has 0 unspecified atom stereocenters. The van der Waals surface area contributed by atoms with Gasteiger partial charge in [-0.1, -0.05) is 19.1 Å². The molecule has 2 aromatic heterocycles. The summed E-state index contributed by atoms with van der Waals surface area (Å²) in [5.74, 6) is 0.400. The molecule has 0 aliphatic carbocycles. The topological polar surface area (TPSA) is 71.0 Å². The van der Waals surface area contributed by atoms with Crippen molar-refractivity contribution in [2.45, 2.75) is 46.0 Å². The Hall–Kier alpha value is -2.87. The quantitative estimate of drug-likeness (QED) is 0.576. The molecule has 1 saturated heterocycles. The number of benzene rings is 1. The second-order valence-electron chi connectivity index (χ2n) is 8.36. The van der Waals surface area contributed by atoms with Crippen molar-refractivity contribution in [1.29, 1.82) is 0 Å². The van der Waals surface area contributed by atoms with Crippen LogP contribution in [0.4, 0.5) is 10.2 Å². The zero-order valence-corrected chi connectivity index (χ0v) is 19.5. The fourth-order valence-corrected chi connectivity index (χ4v) is 4.91. The minimum absolute atomic E-state index is 0.142. The van der Waals surface area contributed by atoms with E-state index in [0.717, 1.165) is 43.6 Å². The lowest BCUT2D eigenvalue weighted by atomic mass is 10.0. The number of rotatable bonds is 6. The third-order valence-corrected chi connectivity index (χ3v) is 7.08. The predicted molar refractivity (Wildman–Crippen MR) is 126 cm³/mol. The molecule has 1 atom stereocenters. The van der Waals surface area contributed by atoms with Gasteiger partial charge in [0.2, 0.25) is 0 Å². The van der Waals surface area contributed by atoms with Crippen molar-refractivity contribution >= 4 is 23.1 Å². The van der Waals surface area contributed by atoms with Gasteiger partial charge >= 0.3 is 0 Å². The number of aryl methyl sites for hydroxylation is 2. The van der Waals surface area contributed by atoms with E-state index in [1.165, 1.54) is 11.1 Å². The lowest BCUT2D eigenvalue weighted by molar-refractivity contribution is 0.0951. The number of anilines is 1. The van der Waals surface area contributed by atoms with Gasteiger partial charge in [0.05, 0.1) is 17.4 Å². The number of carbonyl (C=O) groups is 1. The Morgan fingerprint density at radius 2 is 2.00 bits per heavy atom. The van der Waals surface area contributed by atoms with Crippen molar-refractivity contribution in [3.63, 3.8) is 0 Å². The highest BCUT2D eigenvalue weighted by molar-refractivity contribution is 7.09. The van der Waals surface area contributed by atoms with E-state index in [-0.39, 0.29) is 11.8 Å². The molecule has 3 aromatic rings. The number of aromatic nitrogens is 3. The molecule has 0 saturated carbocycles. The monoisotopic (exact) mass is 453 g/mol. The molecule has 1 aliphatic rings. The molecule has 4 rings (SSSR count). The van der Waals surface area contributed by atoms with Gasteiger partial charge in [0.25, 0.3) is 5.91 Å². The molecule has 168 valence electrons. The number of carbonyl (C=O) groups excluding carboxylic acids is 1. The number of piperidine rings is 1. The summed E-state index contributed by atoms with van der Waals surface area (Å²) in [5.41, 5.74) is 4.98. The first-order chi connectivity index (χ1) is 15.4. The SMILES string of the molecule is Cc1ccc(-c2ncc(F)c(N3CCCCC3)n2)cc1C(=O)NC[C@@H](C)c1scnc1C. The maximum Gasteiger partial charge on any atom is 0.251 e. The van der Waals surface area contributed by atoms with Crippen LogP contribution in [-0.2, 0) is 0 Å². The summed E-state index contributed by atoms with van der Waals surface area (Å²) >= 11 is 1.61. The first-order valence-corrected chi connectivity index (χ1v) is 11.9. The molecule has 1 aliphatic heterocycles. The fraction of sp³-hybridized carbons (Fsp3) is 0.417. The summed E-state index contributed by atoms with van der Waals surface area (Å²) < 4.78 is 14.4. The smallest absolute Gasteiger partial charge is 0.251 e. The van der Waals surface area contributed by atoms with E-state index in [1.807, 2.05) is 36.4 Å². The highest BCUT2D eigenvalue weighted by Gasteiger charge is 2.19. The molecule has 1 N–H and O–H groups in total. The van der Waals surface area contributed by atoms with Crippen LogP contribution in [0.25, 0.3) is 11.4 Å². The molecular weight excluding hydrogens is 425 g/mol. The van der Waals surface area contributed by atoms with Crippen molar-refractivity contribution < 1.29 is 9.18 Å². The van der Waals surface area contributed by atoms with Crippen molar-refractivity contribution in [3.05, 3.63) is 57.4 Å². The molecule has 32 heavy (non-hydrogen) atoms. The van der Waals surface area contributed by atoms with E-state index < -0.39 is 5.82 Å². The van der Waals surface area contributed by atoms with Gasteiger partial charge in [-0.25, -0.2) is 19.3 Å². The van der Waals surface area contributed by atoms with Crippen molar-refractivity contribution in [2.75, 3.05) is 24.5 Å². The van der Waals surface area contributed by atoms with E-state index in [1.54, 1.807) is 17.4 Å². The standard InChI is InChI=1S/C24H28FN5OS/c1-15-7-8-18(22-26-13-20(25)23(29-22)30-9-5-4-6-10-30)11-19(15)24(31)27-12-16(2)21-17(3)28-14-32-21/h7-8,11,13-14,16H,4-6,9-10,12H2,1-3H3,(H,27,31)/t16-/m1/s1. The molecule has 0 bridgehead atoms. The van der Waals surface area contributed by atoms with Crippen molar-refractivity contribution in [3.8, 4) is 11.4 Å². The van der Waals surface area contributed by atoms with Gasteiger partial charge in [-0.15, -0.1) is 11.3 Å². The lowest BCUT2D eigenvalue weighted by Gasteiger charge is -2.28. The second kappa shape index (κ2) is 9.73. The molecule has 6 nitrogen and oxygen atoms in total. The molecule has 1 amide bonds. The van der Waals surface area contributed by atoms with E-state index in [4.69, 9.17) is 0 Å². The maximum atomic E-state index is 14.4. The van der Waals surface area contributed by atoms with Crippen molar-refractivity contribution in [1.82, 2.24) is 20.3 Å². The van der Waals surface area contributed by atoms with E-state index >= 15 is 0 Å². The summed E-state index contributed by atoms with van der Waals surface area (Å²) in [5, 5.41) is 3.04. The van der Waals surface area contributed by atoms with E-state index in [9.17, 15) is 9.18 Å². The van der Waals surface area contributed by atoms with Crippen LogP contribution in [0.3, 0.4) is 0 Å². The normalized spacial score (nSPS) is 14.9. The van der Waals surface area contributed by atoms with Gasteiger partial charge in [-0.05, 0) is 44.7 Å². The van der Waals surface area contributed by atoms with Crippen LogP contribution in [0, 0.1) is 19.7 Å². The van der Waals surface area contributed by atoms with Crippen molar-refractivity contribution in [2.24, 2.45) is 0 Å². The Labute approximate surface area is 191 Å². The molecule has 0 radical (unpaired) electrons. The van der Waals surface area contributed by atoms with Crippen LogP contribution in [0.5, 0.6) is 0 Å². The Morgan fingerprint density at radius 1 is 1.22 bits per heavy atom. The Bertz CT molecular complexity index is 1110. The number of nitrogens with zero attached hydrogens (tertiary/aromatic N) is 4. The van der Waals surface area contributed by atoms with Gasteiger partial charge in [0, 0.05) is 41.6 Å². The average molecular weight is 454 g/mol. The molecule has 1 fully saturated rings. The molecule has 3 heterocycles. The molecule has 8 heteroatoms. The van der Waals surface area contributed by atoms with Gasteiger partial charge in [0.15, 0.2) is 17.5 Å². The number of amides is 1. The largest absolute Gasteiger partial charge is 0.354 e. The zero-order valence-electron chi connectivity index (χ0n) is 18.7. The number of hydrogen-bond acceptors (Lipinski definition) is 6. The van der Waals surface area contributed by atoms with Gasteiger partial charge < -0.3 is 10.2 Å².